The molecule has 10 heterocycles. The molecule has 5 aliphatic rings. The van der Waals surface area contributed by atoms with Crippen LogP contribution < -0.4 is 56.2 Å². The van der Waals surface area contributed by atoms with Gasteiger partial charge in [-0.2, -0.15) is 0 Å². The second kappa shape index (κ2) is 29.3. The van der Waals surface area contributed by atoms with Gasteiger partial charge in [-0.25, -0.2) is 28.5 Å². The maximum Gasteiger partial charge on any atom is 0.697 e. The number of aliphatic hydroxyl groups excluding tert-OH is 1. The van der Waals surface area contributed by atoms with E-state index in [0.717, 1.165) is 22.8 Å². The molecule has 4 unspecified atom stereocenters. The Kier molecular flexibility index (Phi) is 22.3. The minimum absolute atomic E-state index is 0.0285. The van der Waals surface area contributed by atoms with Crippen LogP contribution in [-0.4, -0.2) is 150 Å². The van der Waals surface area contributed by atoms with Crippen LogP contribution in [0.2, 0.25) is 0 Å². The Hall–Kier alpha value is -5.26. The van der Waals surface area contributed by atoms with Gasteiger partial charge in [0.15, 0.2) is 0 Å². The number of aromatic amines is 5. The van der Waals surface area contributed by atoms with E-state index in [1.165, 1.54) is 65.6 Å². The summed E-state index contributed by atoms with van der Waals surface area (Å²) in [6.45, 7) is -7.29. The van der Waals surface area contributed by atoms with Gasteiger partial charge < -0.3 is 56.7 Å². The molecule has 45 heteroatoms. The van der Waals surface area contributed by atoms with Crippen LogP contribution >= 0.6 is 40.7 Å². The topological polar surface area (TPSA) is 489 Å². The van der Waals surface area contributed by atoms with E-state index in [-0.39, 0.29) is 59.9 Å². The van der Waals surface area contributed by atoms with Gasteiger partial charge in [-0.05, 0) is 65.2 Å². The normalized spacial score (nSPS) is 29.7. The van der Waals surface area contributed by atoms with Gasteiger partial charge in [0.25, 0.3) is 27.8 Å². The Morgan fingerprint density at radius 3 is 1.21 bits per heavy atom. The zero-order valence-electron chi connectivity index (χ0n) is 50.7. The Morgan fingerprint density at radius 2 is 0.789 bits per heavy atom. The fraction of sp³-hybridized carbons (Fsp3) is 0.600. The highest BCUT2D eigenvalue weighted by Crippen LogP contribution is 2.58. The molecular weight excluding hydrogens is 1410 g/mol. The van der Waals surface area contributed by atoms with Crippen molar-refractivity contribution in [3.63, 3.8) is 0 Å². The average Bonchev–Trinajstić information content (AvgIpc) is 1.70. The summed E-state index contributed by atoms with van der Waals surface area (Å²) >= 11 is 14.9. The highest BCUT2D eigenvalue weighted by atomic mass is 32.7. The van der Waals surface area contributed by atoms with E-state index >= 15 is 0 Å². The van der Waals surface area contributed by atoms with Gasteiger partial charge in [0.1, 0.15) is 80.5 Å². The molecule has 5 aromatic rings. The number of hydrogen-bond acceptors (Lipinski definition) is 28. The van der Waals surface area contributed by atoms with Crippen molar-refractivity contribution in [2.45, 2.75) is 166 Å². The predicted octanol–water partition coefficient (Wildman–Crippen LogP) is -0.166. The molecule has 5 fully saturated rings. The summed E-state index contributed by atoms with van der Waals surface area (Å²) in [5, 5.41) is 10.8. The number of thiol groups is 1. The quantitative estimate of drug-likeness (QED) is 0.0271. The molecule has 0 radical (unpaired) electrons. The van der Waals surface area contributed by atoms with Gasteiger partial charge in [0.05, 0.1) is 38.1 Å². The highest BCUT2D eigenvalue weighted by Gasteiger charge is 2.49. The van der Waals surface area contributed by atoms with E-state index < -0.39 is 203 Å². The molecule has 520 valence electrons. The summed E-state index contributed by atoms with van der Waals surface area (Å²) in [6, 6.07) is 0. The number of aliphatic hydroxyl groups is 1. The molecular formula is C50H65N10O28P4S3+. The molecule has 95 heavy (non-hydrogen) atoms. The van der Waals surface area contributed by atoms with Gasteiger partial charge in [-0.15, -0.1) is 9.05 Å². The van der Waals surface area contributed by atoms with Crippen molar-refractivity contribution in [3.8, 4) is 0 Å². The average molecular weight is 1470 g/mol. The van der Waals surface area contributed by atoms with E-state index in [1.54, 1.807) is 6.92 Å². The lowest BCUT2D eigenvalue weighted by atomic mass is 10.2. The lowest BCUT2D eigenvalue weighted by Crippen LogP contribution is -2.33. The third-order valence-electron chi connectivity index (χ3n) is 15.9. The Bertz CT molecular complexity index is 4550. The number of hydrogen-bond donors (Lipinski definition) is 9. The van der Waals surface area contributed by atoms with Crippen LogP contribution in [0.4, 0.5) is 0 Å². The maximum atomic E-state index is 14.4. The van der Waals surface area contributed by atoms with E-state index in [4.69, 9.17) is 83.5 Å². The molecule has 5 aliphatic heterocycles. The molecule has 0 saturated carbocycles. The fourth-order valence-electron chi connectivity index (χ4n) is 10.9. The van der Waals surface area contributed by atoms with Crippen LogP contribution in [0.5, 0.6) is 0 Å². The van der Waals surface area contributed by atoms with Crippen LogP contribution in [0.15, 0.2) is 78.9 Å². The first-order valence-electron chi connectivity index (χ1n) is 28.9. The molecule has 0 aromatic carbocycles. The summed E-state index contributed by atoms with van der Waals surface area (Å²) in [5.41, 5.74) is -6.92. The van der Waals surface area contributed by atoms with Crippen LogP contribution in [0.1, 0.15) is 98.0 Å². The van der Waals surface area contributed by atoms with Crippen LogP contribution in [0, 0.1) is 34.6 Å². The molecule has 0 bridgehead atoms. The summed E-state index contributed by atoms with van der Waals surface area (Å²) in [7, 11) is -3.30. The van der Waals surface area contributed by atoms with Crippen LogP contribution in [0.3, 0.4) is 0 Å². The SMILES string of the molecule is Cc1cn([C@H]2C[C@H](OP(O)(=S)OC[C@H]3O[C@@H](n4cc(C)c(=O)[nH]c4=O)C[C@@H]3OP(=O)(S)OC[C@H]3O[C@@H](n4cc(C)c(=O)[nH]c4=O)C[C@@H]3O[P+](=O)OC[C@H]3O[C@@H](n4cc(C)c(=O)[nH]c4=O)C[C@@H]3OP(O)(=S)OC[C@H]3O[C@@H](n4cc(C)c(=O)[nH]c4=O)C[C@@H]3O)[C@@H](C)O2)c(=O)[nH]c1=O. The lowest BCUT2D eigenvalue weighted by Gasteiger charge is -2.26. The zero-order valence-corrected chi connectivity index (χ0v) is 56.9. The van der Waals surface area contributed by atoms with Crippen molar-refractivity contribution in [2.75, 3.05) is 26.4 Å². The fourth-order valence-corrected chi connectivity index (χ4v) is 16.2. The minimum atomic E-state index is -4.70. The molecule has 8 N–H and O–H groups in total. The number of ether oxygens (including phenoxy) is 5. The lowest BCUT2D eigenvalue weighted by molar-refractivity contribution is -0.0545. The molecule has 19 atom stereocenters. The molecule has 10 rings (SSSR count). The van der Waals surface area contributed by atoms with Crippen molar-refractivity contribution in [2.24, 2.45) is 0 Å². The van der Waals surface area contributed by atoms with Crippen molar-refractivity contribution < 1.29 is 83.9 Å². The van der Waals surface area contributed by atoms with Crippen molar-refractivity contribution in [1.82, 2.24) is 47.8 Å². The summed E-state index contributed by atoms with van der Waals surface area (Å²) in [6.07, 6.45) is -13.2. The summed E-state index contributed by atoms with van der Waals surface area (Å²) < 4.78 is 110. The molecule has 0 spiro atoms. The molecule has 0 amide bonds. The Morgan fingerprint density at radius 1 is 0.484 bits per heavy atom. The number of aryl methyl sites for hydroxylation is 5. The first-order chi connectivity index (χ1) is 44.6. The summed E-state index contributed by atoms with van der Waals surface area (Å²) in [4.78, 5) is 159. The van der Waals surface area contributed by atoms with Crippen molar-refractivity contribution >= 4 is 64.4 Å². The largest absolute Gasteiger partial charge is 0.697 e. The first-order valence-corrected chi connectivity index (χ1v) is 37.9. The maximum absolute atomic E-state index is 14.4. The number of nitrogens with one attached hydrogen (secondary N) is 5. The van der Waals surface area contributed by atoms with E-state index in [2.05, 4.69) is 37.2 Å². The predicted molar refractivity (Wildman–Crippen MR) is 335 cm³/mol. The molecule has 5 aromatic heterocycles. The molecule has 0 aliphatic carbocycles. The number of aromatic nitrogens is 10. The van der Waals surface area contributed by atoms with E-state index in [9.17, 15) is 72.0 Å². The zero-order chi connectivity index (χ0) is 68.9. The highest BCUT2D eigenvalue weighted by molar-refractivity contribution is 8.44. The van der Waals surface area contributed by atoms with Crippen LogP contribution in [0.25, 0.3) is 0 Å². The number of rotatable bonds is 25. The van der Waals surface area contributed by atoms with Crippen LogP contribution in [-0.2, 0) is 92.6 Å². The minimum Gasteiger partial charge on any atom is -0.390 e. The van der Waals surface area contributed by atoms with E-state index in [0.29, 0.717) is 0 Å². The number of nitrogens with zero attached hydrogens (tertiary/aromatic N) is 5. The first kappa shape index (κ1) is 72.5. The number of H-pyrrole nitrogens is 5. The Labute approximate surface area is 548 Å². The van der Waals surface area contributed by atoms with Gasteiger partial charge in [-0.3, -0.25) is 80.8 Å². The third kappa shape index (κ3) is 17.2. The van der Waals surface area contributed by atoms with Crippen molar-refractivity contribution in [1.29, 1.82) is 0 Å². The monoisotopic (exact) mass is 1470 g/mol. The third-order valence-corrected chi connectivity index (χ3v) is 21.6. The standard InChI is InChI=1S/C50H64N10O28P4S3/c1-21-12-56(46(67)51-41(21)62)36-7-27(61)32(81-36)18-77-91(74,94)87-30-10-39(59-15-24(4)44(65)54-49(59)70)82-33(30)17-76-89(72)85-29-9-38(58-14-23(3)43(64)53-48(58)69)83-34(29)19-78-92(75,95)88-31-11-40(60-16-25(5)45(66)55-50(60)71)84-35(31)20-79-90(73,93)86-28-8-37(80-26(28)6)57-13-22(2)42(63)52-47(57)68/h12-16,26-40,61H,7-11,17-20H2,1-6H3,(H7-,51,52,53,54,55,62,63,64,65,66,67,68,69,70,71,73,74,75,93,94,95)/p+1/t26-,27+,28+,29+,30+,31+,32-,33-,34-,35-,36-,37-,38-,39-,40-,90?,91?,92?/m1/s1. The smallest absolute Gasteiger partial charge is 0.390 e. The second-order valence-corrected chi connectivity index (χ2v) is 32.2. The molecule has 5 saturated heterocycles. The van der Waals surface area contributed by atoms with Gasteiger partial charge in [0.2, 0.25) is 0 Å². The Balaban J connectivity index is 0.822. The van der Waals surface area contributed by atoms with Crippen molar-refractivity contribution in [3.05, 3.63) is 163 Å². The summed E-state index contributed by atoms with van der Waals surface area (Å²) in [5.74, 6) is 0. The van der Waals surface area contributed by atoms with Gasteiger partial charge >= 0.3 is 56.9 Å². The van der Waals surface area contributed by atoms with Gasteiger partial charge in [-0.1, -0.05) is 12.2 Å². The molecule has 38 nitrogen and oxygen atoms in total. The van der Waals surface area contributed by atoms with Gasteiger partial charge in [0, 0.05) is 95.5 Å². The van der Waals surface area contributed by atoms with E-state index in [1.807, 2.05) is 0 Å². The second-order valence-electron chi connectivity index (χ2n) is 22.8.